The summed E-state index contributed by atoms with van der Waals surface area (Å²) in [7, 11) is 0. The molecule has 2 aromatic carbocycles. The van der Waals surface area contributed by atoms with Gasteiger partial charge in [-0.3, -0.25) is 14.3 Å². The summed E-state index contributed by atoms with van der Waals surface area (Å²) in [5.41, 5.74) is 3.35. The van der Waals surface area contributed by atoms with Gasteiger partial charge in [-0.15, -0.1) is 0 Å². The Bertz CT molecular complexity index is 924. The van der Waals surface area contributed by atoms with Gasteiger partial charge in [0.25, 0.3) is 5.56 Å². The topological polar surface area (TPSA) is 41.4 Å². The monoisotopic (exact) mass is 334 g/mol. The highest BCUT2D eigenvalue weighted by Gasteiger charge is 2.18. The maximum Gasteiger partial charge on any atom is 0.262 e. The van der Waals surface area contributed by atoms with Gasteiger partial charge in [0.15, 0.2) is 0 Å². The standard InChI is InChI=1S/C20H22N4O/c1-16-6-8-17(9-7-16)23-12-10-22(11-13-23)15-24-14-21-19-5-3-2-4-18(19)20(24)25/h2-9,14H,10-13,15H2,1H3. The molecule has 1 fully saturated rings. The number of hydrogen-bond acceptors (Lipinski definition) is 4. The second-order valence-corrected chi connectivity index (χ2v) is 6.62. The van der Waals surface area contributed by atoms with Gasteiger partial charge in [-0.05, 0) is 31.2 Å². The maximum absolute atomic E-state index is 12.6. The van der Waals surface area contributed by atoms with Crippen LogP contribution in [-0.2, 0) is 6.67 Å². The van der Waals surface area contributed by atoms with E-state index in [0.29, 0.717) is 12.1 Å². The fourth-order valence-corrected chi connectivity index (χ4v) is 3.33. The normalized spacial score (nSPS) is 15.6. The summed E-state index contributed by atoms with van der Waals surface area (Å²) in [5, 5.41) is 0.684. The predicted octanol–water partition coefficient (Wildman–Crippen LogP) is 2.48. The van der Waals surface area contributed by atoms with Gasteiger partial charge in [-0.2, -0.15) is 0 Å². The summed E-state index contributed by atoms with van der Waals surface area (Å²) in [6, 6.07) is 16.2. The minimum absolute atomic E-state index is 0.0339. The lowest BCUT2D eigenvalue weighted by Crippen LogP contribution is -2.47. The molecule has 0 aliphatic carbocycles. The molecule has 4 rings (SSSR count). The van der Waals surface area contributed by atoms with Crippen molar-refractivity contribution in [2.24, 2.45) is 0 Å². The van der Waals surface area contributed by atoms with Crippen molar-refractivity contribution in [1.82, 2.24) is 14.5 Å². The molecule has 0 amide bonds. The van der Waals surface area contributed by atoms with Crippen molar-refractivity contribution < 1.29 is 0 Å². The lowest BCUT2D eigenvalue weighted by molar-refractivity contribution is 0.203. The largest absolute Gasteiger partial charge is 0.369 e. The van der Waals surface area contributed by atoms with E-state index in [4.69, 9.17) is 0 Å². The van der Waals surface area contributed by atoms with Crippen molar-refractivity contribution in [2.45, 2.75) is 13.6 Å². The Balaban J connectivity index is 1.44. The molecular formula is C20H22N4O. The van der Waals surface area contributed by atoms with E-state index in [1.807, 2.05) is 24.3 Å². The van der Waals surface area contributed by atoms with Crippen LogP contribution in [0.5, 0.6) is 0 Å². The van der Waals surface area contributed by atoms with Crippen LogP contribution in [-0.4, -0.2) is 40.6 Å². The molecule has 5 nitrogen and oxygen atoms in total. The van der Waals surface area contributed by atoms with Crippen molar-refractivity contribution in [2.75, 3.05) is 31.1 Å². The van der Waals surface area contributed by atoms with E-state index in [2.05, 4.69) is 46.0 Å². The van der Waals surface area contributed by atoms with Crippen LogP contribution in [0.2, 0.25) is 0 Å². The van der Waals surface area contributed by atoms with Crippen LogP contribution in [0.1, 0.15) is 5.56 Å². The molecule has 1 saturated heterocycles. The van der Waals surface area contributed by atoms with Gasteiger partial charge in [0.1, 0.15) is 0 Å². The summed E-state index contributed by atoms with van der Waals surface area (Å²) < 4.78 is 1.71. The zero-order valence-corrected chi connectivity index (χ0v) is 14.4. The number of nitrogens with zero attached hydrogens (tertiary/aromatic N) is 4. The Morgan fingerprint density at radius 3 is 2.44 bits per heavy atom. The molecule has 128 valence electrons. The summed E-state index contributed by atoms with van der Waals surface area (Å²) in [5.74, 6) is 0. The Labute approximate surface area is 147 Å². The Hall–Kier alpha value is -2.66. The van der Waals surface area contributed by atoms with Crippen LogP contribution in [0.25, 0.3) is 10.9 Å². The molecule has 0 radical (unpaired) electrons. The molecule has 2 heterocycles. The van der Waals surface area contributed by atoms with E-state index in [1.54, 1.807) is 10.9 Å². The van der Waals surface area contributed by atoms with E-state index < -0.39 is 0 Å². The predicted molar refractivity (Wildman–Crippen MR) is 101 cm³/mol. The average Bonchev–Trinajstić information content (AvgIpc) is 2.66. The maximum atomic E-state index is 12.6. The van der Waals surface area contributed by atoms with Gasteiger partial charge < -0.3 is 4.90 Å². The highest BCUT2D eigenvalue weighted by molar-refractivity contribution is 5.76. The quantitative estimate of drug-likeness (QED) is 0.738. The molecule has 1 aliphatic rings. The van der Waals surface area contributed by atoms with Crippen molar-refractivity contribution in [3.63, 3.8) is 0 Å². The third kappa shape index (κ3) is 3.28. The SMILES string of the molecule is Cc1ccc(N2CCN(Cn3cnc4ccccc4c3=O)CC2)cc1. The molecule has 3 aromatic rings. The Kier molecular flexibility index (Phi) is 4.24. The lowest BCUT2D eigenvalue weighted by atomic mass is 10.2. The van der Waals surface area contributed by atoms with E-state index in [-0.39, 0.29) is 5.56 Å². The zero-order chi connectivity index (χ0) is 17.2. The van der Waals surface area contributed by atoms with E-state index in [9.17, 15) is 4.79 Å². The van der Waals surface area contributed by atoms with Gasteiger partial charge in [0, 0.05) is 31.9 Å². The number of anilines is 1. The first-order valence-corrected chi connectivity index (χ1v) is 8.69. The molecule has 1 aliphatic heterocycles. The van der Waals surface area contributed by atoms with Gasteiger partial charge in [0.05, 0.1) is 23.9 Å². The average molecular weight is 334 g/mol. The zero-order valence-electron chi connectivity index (χ0n) is 14.4. The minimum Gasteiger partial charge on any atom is -0.369 e. The van der Waals surface area contributed by atoms with E-state index >= 15 is 0 Å². The number of rotatable bonds is 3. The van der Waals surface area contributed by atoms with Crippen LogP contribution in [0.3, 0.4) is 0 Å². The Morgan fingerprint density at radius 2 is 1.68 bits per heavy atom. The number of para-hydroxylation sites is 1. The molecule has 0 bridgehead atoms. The van der Waals surface area contributed by atoms with Crippen molar-refractivity contribution in [3.8, 4) is 0 Å². The lowest BCUT2D eigenvalue weighted by Gasteiger charge is -2.36. The molecule has 0 saturated carbocycles. The fraction of sp³-hybridized carbons (Fsp3) is 0.300. The summed E-state index contributed by atoms with van der Waals surface area (Å²) in [6.07, 6.45) is 1.66. The van der Waals surface area contributed by atoms with Crippen LogP contribution < -0.4 is 10.5 Å². The summed E-state index contributed by atoms with van der Waals surface area (Å²) >= 11 is 0. The number of aromatic nitrogens is 2. The van der Waals surface area contributed by atoms with Crippen molar-refractivity contribution in [1.29, 1.82) is 0 Å². The molecular weight excluding hydrogens is 312 g/mol. The van der Waals surface area contributed by atoms with Gasteiger partial charge in [-0.1, -0.05) is 29.8 Å². The second kappa shape index (κ2) is 6.69. The second-order valence-electron chi connectivity index (χ2n) is 6.62. The first kappa shape index (κ1) is 15.8. The summed E-state index contributed by atoms with van der Waals surface area (Å²) in [6.45, 7) is 6.52. The smallest absolute Gasteiger partial charge is 0.262 e. The molecule has 25 heavy (non-hydrogen) atoms. The van der Waals surface area contributed by atoms with Gasteiger partial charge in [0.2, 0.25) is 0 Å². The van der Waals surface area contributed by atoms with Gasteiger partial charge in [-0.25, -0.2) is 4.98 Å². The molecule has 0 spiro atoms. The fourth-order valence-electron chi connectivity index (χ4n) is 3.33. The summed E-state index contributed by atoms with van der Waals surface area (Å²) in [4.78, 5) is 21.7. The highest BCUT2D eigenvalue weighted by Crippen LogP contribution is 2.17. The number of aryl methyl sites for hydroxylation is 1. The third-order valence-electron chi connectivity index (χ3n) is 4.86. The molecule has 0 unspecified atom stereocenters. The first-order chi connectivity index (χ1) is 12.2. The Morgan fingerprint density at radius 1 is 0.960 bits per heavy atom. The molecule has 0 N–H and O–H groups in total. The number of fused-ring (bicyclic) bond motifs is 1. The number of piperazine rings is 1. The molecule has 1 aromatic heterocycles. The molecule has 5 heteroatoms. The van der Waals surface area contributed by atoms with E-state index in [0.717, 1.165) is 31.7 Å². The highest BCUT2D eigenvalue weighted by atomic mass is 16.1. The molecule has 0 atom stereocenters. The van der Waals surface area contributed by atoms with Crippen LogP contribution >= 0.6 is 0 Å². The van der Waals surface area contributed by atoms with Gasteiger partial charge >= 0.3 is 0 Å². The van der Waals surface area contributed by atoms with E-state index in [1.165, 1.54) is 11.3 Å². The first-order valence-electron chi connectivity index (χ1n) is 8.69. The number of benzene rings is 2. The van der Waals surface area contributed by atoms with Crippen LogP contribution in [0, 0.1) is 6.92 Å². The third-order valence-corrected chi connectivity index (χ3v) is 4.86. The minimum atomic E-state index is 0.0339. The van der Waals surface area contributed by atoms with Crippen molar-refractivity contribution >= 4 is 16.6 Å². The van der Waals surface area contributed by atoms with Crippen LogP contribution in [0.4, 0.5) is 5.69 Å². The van der Waals surface area contributed by atoms with Crippen molar-refractivity contribution in [3.05, 3.63) is 70.8 Å². The van der Waals surface area contributed by atoms with Crippen LogP contribution in [0.15, 0.2) is 59.7 Å². The number of hydrogen-bond donors (Lipinski definition) is 0.